The lowest BCUT2D eigenvalue weighted by Crippen LogP contribution is -2.39. The summed E-state index contributed by atoms with van der Waals surface area (Å²) in [5.41, 5.74) is 7.07. The summed E-state index contributed by atoms with van der Waals surface area (Å²) < 4.78 is 30.9. The number of hydrogen-bond donors (Lipinski definition) is 5. The van der Waals surface area contributed by atoms with Gasteiger partial charge in [0.2, 0.25) is 0 Å². The summed E-state index contributed by atoms with van der Waals surface area (Å²) >= 11 is 0. The number of aryl methyl sites for hydroxylation is 1. The van der Waals surface area contributed by atoms with Crippen molar-refractivity contribution in [3.05, 3.63) is 71.3 Å². The molecule has 11 nitrogen and oxygen atoms in total. The molecule has 0 fully saturated rings. The number of amides is 2. The van der Waals surface area contributed by atoms with Crippen LogP contribution in [0, 0.1) is 11.6 Å². The van der Waals surface area contributed by atoms with Crippen LogP contribution in [0.2, 0.25) is 0 Å². The zero-order valence-electron chi connectivity index (χ0n) is 21.7. The maximum atomic E-state index is 15.2. The monoisotopic (exact) mass is 538 g/mol. The Balaban J connectivity index is 1.75. The Morgan fingerprint density at radius 3 is 2.49 bits per heavy atom. The van der Waals surface area contributed by atoms with Gasteiger partial charge in [0.15, 0.2) is 17.5 Å². The van der Waals surface area contributed by atoms with Crippen molar-refractivity contribution in [2.75, 3.05) is 29.6 Å². The number of pyridine rings is 1. The highest BCUT2D eigenvalue weighted by Crippen LogP contribution is 2.31. The molecule has 0 saturated heterocycles. The molecule has 0 unspecified atom stereocenters. The molecular weight excluding hydrogens is 510 g/mol. The minimum absolute atomic E-state index is 0.0297. The lowest BCUT2D eigenvalue weighted by molar-refractivity contribution is 0.1000. The molecule has 2 heterocycles. The number of hydrogen-bond acceptors (Lipinski definition) is 7. The number of anilines is 4. The van der Waals surface area contributed by atoms with Crippen molar-refractivity contribution in [1.82, 2.24) is 20.1 Å². The molecule has 0 aliphatic heterocycles. The van der Waals surface area contributed by atoms with Crippen LogP contribution >= 0.6 is 0 Å². The zero-order valence-corrected chi connectivity index (χ0v) is 21.7. The van der Waals surface area contributed by atoms with E-state index in [1.165, 1.54) is 25.1 Å². The second-order valence-electron chi connectivity index (χ2n) is 9.19. The van der Waals surface area contributed by atoms with Crippen molar-refractivity contribution in [1.29, 1.82) is 0 Å². The molecule has 0 bridgehead atoms. The lowest BCUT2D eigenvalue weighted by atomic mass is 10.00. The van der Waals surface area contributed by atoms with Crippen molar-refractivity contribution in [2.45, 2.75) is 19.0 Å². The fraction of sp³-hybridized carbons (Fsp3) is 0.231. The van der Waals surface area contributed by atoms with Gasteiger partial charge < -0.3 is 31.7 Å². The predicted molar refractivity (Wildman–Crippen MR) is 144 cm³/mol. The van der Waals surface area contributed by atoms with Gasteiger partial charge in [0.25, 0.3) is 5.91 Å². The second kappa shape index (κ2) is 10.8. The second-order valence-corrected chi connectivity index (χ2v) is 9.19. The molecule has 0 aliphatic carbocycles. The molecule has 2 aromatic carbocycles. The Morgan fingerprint density at radius 2 is 1.85 bits per heavy atom. The largest absolute Gasteiger partial charge is 0.465 e. The summed E-state index contributed by atoms with van der Waals surface area (Å²) in [5.74, 6) is -1.97. The van der Waals surface area contributed by atoms with Gasteiger partial charge in [-0.25, -0.2) is 18.6 Å². The number of carbonyl (C=O) groups is 2. The van der Waals surface area contributed by atoms with E-state index in [-0.39, 0.29) is 17.2 Å². The van der Waals surface area contributed by atoms with Crippen LogP contribution in [-0.2, 0) is 7.05 Å². The highest BCUT2D eigenvalue weighted by atomic mass is 19.1. The SMILES string of the molecule is C[C@H](NC(=O)O)[C@@H](Nc1nc(Nc2ccc3c(c2)c(N(C)C)nn3C)c(C(N)=O)cc1F)c1cccc(F)c1. The van der Waals surface area contributed by atoms with Crippen molar-refractivity contribution >= 4 is 46.0 Å². The van der Waals surface area contributed by atoms with Crippen molar-refractivity contribution in [3.63, 3.8) is 0 Å². The van der Waals surface area contributed by atoms with Gasteiger partial charge in [-0.1, -0.05) is 12.1 Å². The average Bonchev–Trinajstić information content (AvgIpc) is 3.19. The molecule has 0 radical (unpaired) electrons. The van der Waals surface area contributed by atoms with Gasteiger partial charge in [-0.15, -0.1) is 0 Å². The van der Waals surface area contributed by atoms with E-state index in [0.717, 1.165) is 22.8 Å². The minimum Gasteiger partial charge on any atom is -0.465 e. The van der Waals surface area contributed by atoms with Crippen molar-refractivity contribution in [3.8, 4) is 0 Å². The van der Waals surface area contributed by atoms with Crippen LogP contribution < -0.4 is 26.6 Å². The Kier molecular flexibility index (Phi) is 7.51. The molecule has 13 heteroatoms. The van der Waals surface area contributed by atoms with Crippen molar-refractivity contribution < 1.29 is 23.5 Å². The maximum Gasteiger partial charge on any atom is 0.404 e. The Hall–Kier alpha value is -4.94. The van der Waals surface area contributed by atoms with E-state index in [1.807, 2.05) is 38.2 Å². The van der Waals surface area contributed by atoms with E-state index in [2.05, 4.69) is 26.0 Å². The average molecular weight is 539 g/mol. The highest BCUT2D eigenvalue weighted by molar-refractivity contribution is 5.99. The first-order chi connectivity index (χ1) is 18.4. The van der Waals surface area contributed by atoms with Gasteiger partial charge in [0.05, 0.1) is 23.2 Å². The van der Waals surface area contributed by atoms with E-state index >= 15 is 4.39 Å². The quantitative estimate of drug-likeness (QED) is 0.215. The number of nitrogens with zero attached hydrogens (tertiary/aromatic N) is 4. The molecule has 0 saturated carbocycles. The summed E-state index contributed by atoms with van der Waals surface area (Å²) in [6.45, 7) is 1.54. The van der Waals surface area contributed by atoms with Crippen LogP contribution in [0.5, 0.6) is 0 Å². The number of nitrogens with one attached hydrogen (secondary N) is 3. The number of aromatic nitrogens is 3. The molecular formula is C26H28F2N8O3. The number of carbonyl (C=O) groups excluding carboxylic acids is 1. The first-order valence-electron chi connectivity index (χ1n) is 11.9. The number of rotatable bonds is 9. The van der Waals surface area contributed by atoms with E-state index in [1.54, 1.807) is 16.8 Å². The number of halogens is 2. The van der Waals surface area contributed by atoms with E-state index in [4.69, 9.17) is 5.73 Å². The fourth-order valence-corrected chi connectivity index (χ4v) is 4.29. The fourth-order valence-electron chi connectivity index (χ4n) is 4.29. The molecule has 39 heavy (non-hydrogen) atoms. The molecule has 204 valence electrons. The van der Waals surface area contributed by atoms with E-state index in [0.29, 0.717) is 11.3 Å². The van der Waals surface area contributed by atoms with Crippen LogP contribution in [0.1, 0.15) is 28.9 Å². The van der Waals surface area contributed by atoms with Crippen LogP contribution in [0.3, 0.4) is 0 Å². The Labute approximate surface area is 222 Å². The van der Waals surface area contributed by atoms with Crippen LogP contribution in [0.15, 0.2) is 48.5 Å². The van der Waals surface area contributed by atoms with Gasteiger partial charge in [-0.2, -0.15) is 5.10 Å². The van der Waals surface area contributed by atoms with Gasteiger partial charge in [0.1, 0.15) is 11.6 Å². The summed E-state index contributed by atoms with van der Waals surface area (Å²) in [5, 5.41) is 22.7. The molecule has 4 aromatic rings. The lowest BCUT2D eigenvalue weighted by Gasteiger charge is -2.26. The van der Waals surface area contributed by atoms with Crippen LogP contribution in [-0.4, -0.2) is 52.0 Å². The highest BCUT2D eigenvalue weighted by Gasteiger charge is 2.25. The first kappa shape index (κ1) is 27.1. The summed E-state index contributed by atoms with van der Waals surface area (Å²) in [7, 11) is 5.55. The molecule has 2 amide bonds. The molecule has 4 rings (SSSR count). The molecule has 0 aliphatic rings. The molecule has 2 aromatic heterocycles. The smallest absolute Gasteiger partial charge is 0.404 e. The molecule has 6 N–H and O–H groups in total. The normalized spacial score (nSPS) is 12.6. The van der Waals surface area contributed by atoms with Crippen LogP contribution in [0.4, 0.5) is 36.7 Å². The maximum absolute atomic E-state index is 15.2. The summed E-state index contributed by atoms with van der Waals surface area (Å²) in [6.07, 6.45) is -1.31. The first-order valence-corrected chi connectivity index (χ1v) is 11.9. The summed E-state index contributed by atoms with van der Waals surface area (Å²) in [4.78, 5) is 29.6. The Bertz CT molecular complexity index is 1560. The van der Waals surface area contributed by atoms with Gasteiger partial charge >= 0.3 is 6.09 Å². The zero-order chi connectivity index (χ0) is 28.4. The molecule has 2 atom stereocenters. The third kappa shape index (κ3) is 5.81. The standard InChI is InChI=1S/C26H28F2N8O3/c1-13(30-26(38)39)21(14-6-5-7-15(27)10-14)32-24-19(28)12-18(22(29)37)23(33-24)31-16-8-9-20-17(11-16)25(35(2)3)34-36(20)4/h5-13,21,30H,1-4H3,(H2,29,37)(H,38,39)(H2,31,32,33)/t13-,21+/m0/s1. The number of primary amides is 1. The van der Waals surface area contributed by atoms with Gasteiger partial charge in [0, 0.05) is 32.2 Å². The molecule has 0 spiro atoms. The predicted octanol–water partition coefficient (Wildman–Crippen LogP) is 3.96. The van der Waals surface area contributed by atoms with Crippen LogP contribution in [0.25, 0.3) is 10.9 Å². The minimum atomic E-state index is -1.31. The van der Waals surface area contributed by atoms with Gasteiger partial charge in [-0.05, 0) is 48.9 Å². The number of fused-ring (bicyclic) bond motifs is 1. The third-order valence-corrected chi connectivity index (χ3v) is 6.11. The Morgan fingerprint density at radius 1 is 1.10 bits per heavy atom. The third-order valence-electron chi connectivity index (χ3n) is 6.11. The van der Waals surface area contributed by atoms with Gasteiger partial charge in [-0.3, -0.25) is 9.48 Å². The van der Waals surface area contributed by atoms with E-state index in [9.17, 15) is 19.1 Å². The van der Waals surface area contributed by atoms with E-state index < -0.39 is 35.7 Å². The topological polar surface area (TPSA) is 150 Å². The summed E-state index contributed by atoms with van der Waals surface area (Å²) in [6, 6.07) is 10.1. The number of nitrogens with two attached hydrogens (primary N) is 1. The number of benzene rings is 2. The van der Waals surface area contributed by atoms with Crippen molar-refractivity contribution in [2.24, 2.45) is 12.8 Å². The number of carboxylic acid groups (broad SMARTS) is 1.